The molecule has 2 aromatic rings. The van der Waals surface area contributed by atoms with E-state index in [1.807, 2.05) is 34.1 Å². The molecule has 3 N–H and O–H groups in total. The van der Waals surface area contributed by atoms with Crippen molar-refractivity contribution in [3.63, 3.8) is 0 Å². The number of amides is 2. The van der Waals surface area contributed by atoms with E-state index in [9.17, 15) is 9.59 Å². The summed E-state index contributed by atoms with van der Waals surface area (Å²) in [6.45, 7) is 3.15. The molecule has 2 fully saturated rings. The number of nitrogens with two attached hydrogens (primary N) is 1. The third kappa shape index (κ3) is 6.46. The molecule has 9 nitrogen and oxygen atoms in total. The maximum Gasteiger partial charge on any atom is 0.320 e. The van der Waals surface area contributed by atoms with Crippen molar-refractivity contribution in [3.05, 3.63) is 59.8 Å². The summed E-state index contributed by atoms with van der Waals surface area (Å²) in [5.41, 5.74) is 7.23. The molecule has 4 rings (SSSR count). The minimum Gasteiger partial charge on any atom is -0.469 e. The first-order valence-corrected chi connectivity index (χ1v) is 12.2. The molecule has 0 unspecified atom stereocenters. The van der Waals surface area contributed by atoms with Crippen molar-refractivity contribution in [2.24, 2.45) is 11.7 Å². The van der Waals surface area contributed by atoms with Crippen molar-refractivity contribution in [1.82, 2.24) is 14.8 Å². The summed E-state index contributed by atoms with van der Waals surface area (Å²) < 4.78 is 4.93. The highest BCUT2D eigenvalue weighted by Gasteiger charge is 2.34. The number of nitrogens with one attached hydrogen (secondary N) is 1. The normalized spacial score (nSPS) is 19.7. The Morgan fingerprint density at radius 3 is 2.28 bits per heavy atom. The lowest BCUT2D eigenvalue weighted by Crippen LogP contribution is -2.55. The van der Waals surface area contributed by atoms with Gasteiger partial charge in [-0.25, -0.2) is 9.78 Å². The van der Waals surface area contributed by atoms with E-state index < -0.39 is 0 Å². The van der Waals surface area contributed by atoms with Crippen LogP contribution in [0.4, 0.5) is 10.6 Å². The fraction of sp³-hybridized carbons (Fsp3) is 0.462. The van der Waals surface area contributed by atoms with Crippen LogP contribution in [-0.2, 0) is 16.1 Å². The number of nitrogen functional groups attached to an aromatic ring is 1. The van der Waals surface area contributed by atoms with E-state index >= 15 is 0 Å². The third-order valence-corrected chi connectivity index (χ3v) is 7.05. The summed E-state index contributed by atoms with van der Waals surface area (Å²) in [6, 6.07) is 13.9. The number of esters is 1. The molecule has 1 saturated carbocycles. The number of methoxy groups -OCH3 is 1. The topological polar surface area (TPSA) is 116 Å². The number of piperazine rings is 1. The molecule has 2 aliphatic rings. The first kappa shape index (κ1) is 27.3. The van der Waals surface area contributed by atoms with Gasteiger partial charge in [-0.05, 0) is 43.4 Å². The number of amidine groups is 1. The molecular formula is C26H35ClN6O3. The van der Waals surface area contributed by atoms with Crippen LogP contribution in [-0.4, -0.2) is 72.0 Å². The predicted molar refractivity (Wildman–Crippen MR) is 141 cm³/mol. The minimum atomic E-state index is -0.148. The van der Waals surface area contributed by atoms with Crippen molar-refractivity contribution in [3.8, 4) is 0 Å². The zero-order valence-corrected chi connectivity index (χ0v) is 21.5. The number of aromatic nitrogens is 1. The van der Waals surface area contributed by atoms with Gasteiger partial charge in [0.2, 0.25) is 0 Å². The maximum atomic E-state index is 13.7. The molecule has 10 heteroatoms. The van der Waals surface area contributed by atoms with Crippen molar-refractivity contribution in [2.45, 2.75) is 38.3 Å². The molecule has 1 aliphatic carbocycles. The number of rotatable bonds is 6. The number of pyridine rings is 1. The Bertz CT molecular complexity index is 1020. The van der Waals surface area contributed by atoms with Gasteiger partial charge in [-0.15, -0.1) is 12.4 Å². The number of carbonyl (C=O) groups is 2. The molecule has 0 radical (unpaired) electrons. The number of urea groups is 1. The third-order valence-electron chi connectivity index (χ3n) is 7.05. The standard InChI is InChI=1S/C26H34N6O3.ClH/c1-35-25(33)20-7-10-22(11-8-20)32(18-19-5-3-2-4-6-19)26(34)31-15-13-30(14-16-31)23-12-9-21(17-29-23)24(27)28;/h2-6,9,12,17,20,22H,7-8,10-11,13-16,18H2,1H3,(H3,27,28);1H/t20-,22-;. The Balaban J connectivity index is 0.00000361. The van der Waals surface area contributed by atoms with E-state index in [2.05, 4.69) is 22.0 Å². The number of benzene rings is 1. The van der Waals surface area contributed by atoms with E-state index in [0.29, 0.717) is 38.3 Å². The van der Waals surface area contributed by atoms with Gasteiger partial charge < -0.3 is 25.2 Å². The van der Waals surface area contributed by atoms with E-state index in [1.165, 1.54) is 7.11 Å². The number of nitrogens with zero attached hydrogens (tertiary/aromatic N) is 4. The largest absolute Gasteiger partial charge is 0.469 e. The van der Waals surface area contributed by atoms with Gasteiger partial charge in [0.05, 0.1) is 13.0 Å². The fourth-order valence-electron chi connectivity index (χ4n) is 4.96. The number of hydrogen-bond donors (Lipinski definition) is 2. The molecule has 1 saturated heterocycles. The van der Waals surface area contributed by atoms with E-state index in [1.54, 1.807) is 12.3 Å². The maximum absolute atomic E-state index is 13.7. The molecular weight excluding hydrogens is 480 g/mol. The molecule has 1 aromatic carbocycles. The fourth-order valence-corrected chi connectivity index (χ4v) is 4.96. The Labute approximate surface area is 218 Å². The van der Waals surface area contributed by atoms with Crippen LogP contribution in [0.2, 0.25) is 0 Å². The number of hydrogen-bond acceptors (Lipinski definition) is 6. The first-order valence-electron chi connectivity index (χ1n) is 12.2. The lowest BCUT2D eigenvalue weighted by molar-refractivity contribution is -0.146. The SMILES string of the molecule is COC(=O)[C@H]1CC[C@H](N(Cc2ccccc2)C(=O)N2CCN(c3ccc(C(=N)N)cn3)CC2)CC1.Cl. The molecule has 2 amide bonds. The molecule has 0 spiro atoms. The smallest absolute Gasteiger partial charge is 0.320 e. The van der Waals surface area contributed by atoms with Gasteiger partial charge in [-0.3, -0.25) is 10.2 Å². The summed E-state index contributed by atoms with van der Waals surface area (Å²) in [5, 5.41) is 7.52. The van der Waals surface area contributed by atoms with Crippen LogP contribution in [0.15, 0.2) is 48.7 Å². The molecule has 1 aliphatic heterocycles. The summed E-state index contributed by atoms with van der Waals surface area (Å²) in [5.74, 6) is 0.601. The highest BCUT2D eigenvalue weighted by Crippen LogP contribution is 2.30. The Kier molecular flexibility index (Phi) is 9.52. The zero-order valence-electron chi connectivity index (χ0n) is 20.6. The summed E-state index contributed by atoms with van der Waals surface area (Å²) in [6.07, 6.45) is 4.69. The summed E-state index contributed by atoms with van der Waals surface area (Å²) >= 11 is 0. The van der Waals surface area contributed by atoms with Crippen molar-refractivity contribution in [1.29, 1.82) is 5.41 Å². The van der Waals surface area contributed by atoms with Gasteiger partial charge in [-0.1, -0.05) is 30.3 Å². The van der Waals surface area contributed by atoms with E-state index in [-0.39, 0.29) is 42.2 Å². The average molecular weight is 515 g/mol. The molecule has 1 aromatic heterocycles. The van der Waals surface area contributed by atoms with Crippen LogP contribution in [0.25, 0.3) is 0 Å². The molecule has 36 heavy (non-hydrogen) atoms. The molecule has 0 bridgehead atoms. The second kappa shape index (κ2) is 12.6. The van der Waals surface area contributed by atoms with Crippen LogP contribution >= 0.6 is 12.4 Å². The highest BCUT2D eigenvalue weighted by atomic mass is 35.5. The summed E-state index contributed by atoms with van der Waals surface area (Å²) in [4.78, 5) is 36.2. The molecule has 2 heterocycles. The van der Waals surface area contributed by atoms with E-state index in [0.717, 1.165) is 37.1 Å². The predicted octanol–water partition coefficient (Wildman–Crippen LogP) is 3.26. The van der Waals surface area contributed by atoms with E-state index in [4.69, 9.17) is 15.9 Å². The lowest BCUT2D eigenvalue weighted by atomic mass is 9.85. The molecule has 194 valence electrons. The van der Waals surface area contributed by atoms with Crippen molar-refractivity contribution in [2.75, 3.05) is 38.2 Å². The second-order valence-electron chi connectivity index (χ2n) is 9.22. The first-order chi connectivity index (χ1) is 17.0. The van der Waals surface area contributed by atoms with Gasteiger partial charge in [0.1, 0.15) is 11.7 Å². The quantitative estimate of drug-likeness (QED) is 0.347. The van der Waals surface area contributed by atoms with Gasteiger partial charge in [0.15, 0.2) is 0 Å². The average Bonchev–Trinajstić information content (AvgIpc) is 2.92. The van der Waals surface area contributed by atoms with Gasteiger partial charge in [-0.2, -0.15) is 0 Å². The lowest BCUT2D eigenvalue weighted by Gasteiger charge is -2.42. The monoisotopic (exact) mass is 514 g/mol. The van der Waals surface area contributed by atoms with Crippen molar-refractivity contribution >= 4 is 36.1 Å². The zero-order chi connectivity index (χ0) is 24.8. The van der Waals surface area contributed by atoms with Crippen LogP contribution in [0.5, 0.6) is 0 Å². The van der Waals surface area contributed by atoms with Crippen molar-refractivity contribution < 1.29 is 14.3 Å². The Hall–Kier alpha value is -3.33. The number of ether oxygens (including phenoxy) is 1. The number of anilines is 1. The number of carbonyl (C=O) groups excluding carboxylic acids is 2. The van der Waals surface area contributed by atoms with Crippen LogP contribution < -0.4 is 10.6 Å². The number of halogens is 1. The van der Waals surface area contributed by atoms with Crippen LogP contribution in [0.3, 0.4) is 0 Å². The van der Waals surface area contributed by atoms with Gasteiger partial charge >= 0.3 is 12.0 Å². The highest BCUT2D eigenvalue weighted by molar-refractivity contribution is 5.94. The molecule has 0 atom stereocenters. The van der Waals surface area contributed by atoms with Crippen LogP contribution in [0, 0.1) is 11.3 Å². The Morgan fingerprint density at radius 1 is 1.06 bits per heavy atom. The van der Waals surface area contributed by atoms with Crippen LogP contribution in [0.1, 0.15) is 36.8 Å². The van der Waals surface area contributed by atoms with Gasteiger partial charge in [0.25, 0.3) is 0 Å². The summed E-state index contributed by atoms with van der Waals surface area (Å²) in [7, 11) is 1.44. The minimum absolute atomic E-state index is 0. The second-order valence-corrected chi connectivity index (χ2v) is 9.22. The Morgan fingerprint density at radius 2 is 1.72 bits per heavy atom. The van der Waals surface area contributed by atoms with Gasteiger partial charge in [0, 0.05) is 50.5 Å².